The monoisotopic (exact) mass is 303 g/mol. The average molecular weight is 304 g/mol. The third kappa shape index (κ3) is 3.64. The number of halogens is 1. The Morgan fingerprint density at radius 2 is 2.24 bits per heavy atom. The molecule has 0 aliphatic rings. The Morgan fingerprint density at radius 3 is 2.71 bits per heavy atom. The number of nitrogens with zero attached hydrogens (tertiary/aromatic N) is 3. The van der Waals surface area contributed by atoms with E-state index in [0.29, 0.717) is 29.0 Å². The van der Waals surface area contributed by atoms with Gasteiger partial charge in [0, 0.05) is 19.0 Å². The molecule has 0 saturated carbocycles. The minimum atomic E-state index is -0.428. The van der Waals surface area contributed by atoms with Crippen molar-refractivity contribution in [1.29, 1.82) is 0 Å². The van der Waals surface area contributed by atoms with Gasteiger partial charge >= 0.3 is 0 Å². The minimum Gasteiger partial charge on any atom is -0.480 e. The molecular weight excluding hydrogens is 290 g/mol. The van der Waals surface area contributed by atoms with E-state index >= 15 is 0 Å². The van der Waals surface area contributed by atoms with E-state index in [2.05, 4.69) is 20.9 Å². The van der Waals surface area contributed by atoms with Crippen LogP contribution < -0.4 is 4.74 Å². The number of likely N-dealkylation sites (N-methyl/N-ethyl adjacent to an activating group) is 1. The van der Waals surface area contributed by atoms with Crippen LogP contribution in [0.3, 0.4) is 0 Å². The summed E-state index contributed by atoms with van der Waals surface area (Å²) in [5, 5.41) is 10.9. The maximum atomic E-state index is 10.9. The topological polar surface area (TPSA) is 68.5 Å². The smallest absolute Gasteiger partial charge is 0.292 e. The number of ether oxygens (including phenoxy) is 1. The van der Waals surface area contributed by atoms with Gasteiger partial charge in [0.05, 0.1) is 16.5 Å². The molecule has 0 bridgehead atoms. The molecule has 1 aromatic rings. The van der Waals surface area contributed by atoms with Gasteiger partial charge in [-0.2, -0.15) is 0 Å². The lowest BCUT2D eigenvalue weighted by molar-refractivity contribution is -0.386. The Morgan fingerprint density at radius 1 is 1.59 bits per heavy atom. The van der Waals surface area contributed by atoms with E-state index in [-0.39, 0.29) is 5.69 Å². The average Bonchev–Trinajstić information content (AvgIpc) is 2.26. The first-order chi connectivity index (χ1) is 7.95. The molecule has 1 rings (SSSR count). The molecule has 17 heavy (non-hydrogen) atoms. The summed E-state index contributed by atoms with van der Waals surface area (Å²) >= 11 is 3.19. The lowest BCUT2D eigenvalue weighted by atomic mass is 10.2. The molecule has 0 aliphatic heterocycles. The normalized spacial score (nSPS) is 10.6. The molecule has 0 amide bonds. The van der Waals surface area contributed by atoms with Crippen LogP contribution in [0.1, 0.15) is 5.69 Å². The van der Waals surface area contributed by atoms with Gasteiger partial charge in [0.2, 0.25) is 5.88 Å². The van der Waals surface area contributed by atoms with Crippen molar-refractivity contribution in [2.75, 3.05) is 27.7 Å². The van der Waals surface area contributed by atoms with Crippen LogP contribution in [0.4, 0.5) is 5.69 Å². The molecule has 0 aliphatic carbocycles. The Labute approximate surface area is 108 Å². The number of methoxy groups -OCH3 is 1. The van der Waals surface area contributed by atoms with E-state index in [1.54, 1.807) is 0 Å². The summed E-state index contributed by atoms with van der Waals surface area (Å²) < 4.78 is 5.52. The molecule has 0 N–H and O–H groups in total. The fourth-order valence-corrected chi connectivity index (χ4v) is 1.78. The molecule has 7 heteroatoms. The molecule has 1 heterocycles. The Kier molecular flexibility index (Phi) is 4.83. The first-order valence-corrected chi connectivity index (χ1v) is 5.77. The Balaban J connectivity index is 3.10. The van der Waals surface area contributed by atoms with Crippen LogP contribution in [0.15, 0.2) is 10.5 Å². The van der Waals surface area contributed by atoms with Crippen LogP contribution in [0.5, 0.6) is 5.88 Å². The number of hydrogen-bond donors (Lipinski definition) is 0. The van der Waals surface area contributed by atoms with Crippen LogP contribution in [-0.2, 0) is 6.42 Å². The summed E-state index contributed by atoms with van der Waals surface area (Å²) in [4.78, 5) is 16.6. The van der Waals surface area contributed by atoms with Gasteiger partial charge in [-0.25, -0.2) is 4.98 Å². The maximum absolute atomic E-state index is 10.9. The number of nitro groups is 1. The molecule has 6 nitrogen and oxygen atoms in total. The summed E-state index contributed by atoms with van der Waals surface area (Å²) in [5.74, 6) is 0.365. The second kappa shape index (κ2) is 5.92. The molecule has 0 atom stereocenters. The second-order valence-electron chi connectivity index (χ2n) is 3.76. The van der Waals surface area contributed by atoms with E-state index in [4.69, 9.17) is 4.74 Å². The fraction of sp³-hybridized carbons (Fsp3) is 0.500. The van der Waals surface area contributed by atoms with Crippen molar-refractivity contribution in [1.82, 2.24) is 9.88 Å². The summed E-state index contributed by atoms with van der Waals surface area (Å²) in [5.41, 5.74) is 0.447. The summed E-state index contributed by atoms with van der Waals surface area (Å²) in [6.07, 6.45) is 0.507. The number of pyridine rings is 1. The van der Waals surface area contributed by atoms with Gasteiger partial charge in [-0.1, -0.05) is 0 Å². The zero-order valence-electron chi connectivity index (χ0n) is 9.94. The largest absolute Gasteiger partial charge is 0.480 e. The van der Waals surface area contributed by atoms with Gasteiger partial charge in [-0.15, -0.1) is 0 Å². The van der Waals surface area contributed by atoms with Gasteiger partial charge in [0.15, 0.2) is 0 Å². The molecule has 0 saturated heterocycles. The van der Waals surface area contributed by atoms with E-state index in [9.17, 15) is 10.1 Å². The molecule has 94 valence electrons. The highest BCUT2D eigenvalue weighted by Crippen LogP contribution is 2.29. The zero-order chi connectivity index (χ0) is 13.0. The van der Waals surface area contributed by atoms with Crippen molar-refractivity contribution in [3.05, 3.63) is 26.3 Å². The fourth-order valence-electron chi connectivity index (χ4n) is 1.31. The molecule has 1 aromatic heterocycles. The second-order valence-corrected chi connectivity index (χ2v) is 4.61. The highest BCUT2D eigenvalue weighted by Gasteiger charge is 2.19. The van der Waals surface area contributed by atoms with Crippen molar-refractivity contribution >= 4 is 21.6 Å². The van der Waals surface area contributed by atoms with Gasteiger partial charge < -0.3 is 9.64 Å². The summed E-state index contributed by atoms with van der Waals surface area (Å²) in [7, 11) is 5.29. The van der Waals surface area contributed by atoms with Gasteiger partial charge in [-0.3, -0.25) is 10.1 Å². The van der Waals surface area contributed by atoms with Crippen LogP contribution in [0, 0.1) is 10.1 Å². The molecule has 0 unspecified atom stereocenters. The van der Waals surface area contributed by atoms with Gasteiger partial charge in [0.25, 0.3) is 5.69 Å². The van der Waals surface area contributed by atoms with Crippen molar-refractivity contribution in [2.24, 2.45) is 0 Å². The molecule has 0 radical (unpaired) electrons. The van der Waals surface area contributed by atoms with Crippen LogP contribution >= 0.6 is 15.9 Å². The van der Waals surface area contributed by atoms with E-state index in [0.717, 1.165) is 0 Å². The van der Waals surface area contributed by atoms with Gasteiger partial charge in [0.1, 0.15) is 5.69 Å². The number of rotatable bonds is 5. The van der Waals surface area contributed by atoms with Crippen molar-refractivity contribution in [3.8, 4) is 5.88 Å². The van der Waals surface area contributed by atoms with E-state index in [1.807, 2.05) is 19.0 Å². The summed E-state index contributed by atoms with van der Waals surface area (Å²) in [6, 6.07) is 1.43. The highest BCUT2D eigenvalue weighted by atomic mass is 79.9. The van der Waals surface area contributed by atoms with Crippen LogP contribution in [0.25, 0.3) is 0 Å². The molecule has 0 aromatic carbocycles. The van der Waals surface area contributed by atoms with Gasteiger partial charge in [-0.05, 0) is 30.0 Å². The quantitative estimate of drug-likeness (QED) is 0.613. The van der Waals surface area contributed by atoms with Crippen molar-refractivity contribution < 1.29 is 9.66 Å². The first kappa shape index (κ1) is 13.9. The Hall–Kier alpha value is -1.21. The van der Waals surface area contributed by atoms with Crippen LogP contribution in [0.2, 0.25) is 0 Å². The van der Waals surface area contributed by atoms with Crippen molar-refractivity contribution in [3.63, 3.8) is 0 Å². The highest BCUT2D eigenvalue weighted by molar-refractivity contribution is 9.10. The Bertz CT molecular complexity index is 424. The third-order valence-electron chi connectivity index (χ3n) is 2.19. The zero-order valence-corrected chi connectivity index (χ0v) is 11.5. The standard InChI is InChI=1S/C10H14BrN3O3/c1-13(2)5-4-8-9(14(15)16)6-7(11)10(12-8)17-3/h6H,4-5H2,1-3H3. The van der Waals surface area contributed by atoms with E-state index < -0.39 is 4.92 Å². The first-order valence-electron chi connectivity index (χ1n) is 4.98. The molecule has 0 fully saturated rings. The summed E-state index contributed by atoms with van der Waals surface area (Å²) in [6.45, 7) is 0.693. The third-order valence-corrected chi connectivity index (χ3v) is 2.75. The number of aromatic nitrogens is 1. The predicted molar refractivity (Wildman–Crippen MR) is 67.4 cm³/mol. The van der Waals surface area contributed by atoms with Crippen LogP contribution in [-0.4, -0.2) is 42.6 Å². The predicted octanol–water partition coefficient (Wildman–Crippen LogP) is 1.86. The SMILES string of the molecule is COc1nc(CCN(C)C)c([N+](=O)[O-])cc1Br. The minimum absolute atomic E-state index is 0.0134. The molecule has 0 spiro atoms. The lowest BCUT2D eigenvalue weighted by Gasteiger charge is -2.10. The lowest BCUT2D eigenvalue weighted by Crippen LogP contribution is -2.16. The molecular formula is C10H14BrN3O3. The maximum Gasteiger partial charge on any atom is 0.292 e. The van der Waals surface area contributed by atoms with E-state index in [1.165, 1.54) is 13.2 Å². The number of hydrogen-bond acceptors (Lipinski definition) is 5. The van der Waals surface area contributed by atoms with Crippen molar-refractivity contribution in [2.45, 2.75) is 6.42 Å².